The zero-order chi connectivity index (χ0) is 32.3. The van der Waals surface area contributed by atoms with Crippen molar-refractivity contribution in [2.45, 2.75) is 136 Å². The predicted molar refractivity (Wildman–Crippen MR) is 175 cm³/mol. The van der Waals surface area contributed by atoms with E-state index in [4.69, 9.17) is 18.5 Å². The van der Waals surface area contributed by atoms with Crippen LogP contribution in [-0.4, -0.2) is 56.5 Å². The van der Waals surface area contributed by atoms with Crippen molar-refractivity contribution in [1.82, 2.24) is 0 Å². The quantitative estimate of drug-likeness (QED) is 0.0369. The van der Waals surface area contributed by atoms with Crippen LogP contribution in [0.2, 0.25) is 0 Å². The van der Waals surface area contributed by atoms with E-state index in [1.165, 1.54) is 84.0 Å². The number of carbonyl (C=O) groups is 1. The van der Waals surface area contributed by atoms with E-state index in [1.807, 2.05) is 44.4 Å². The molecule has 0 saturated carbocycles. The van der Waals surface area contributed by atoms with Gasteiger partial charge in [-0.05, 0) is 13.3 Å². The van der Waals surface area contributed by atoms with Crippen molar-refractivity contribution >= 4 is 19.6 Å². The van der Waals surface area contributed by atoms with E-state index in [9.17, 15) is 14.3 Å². The van der Waals surface area contributed by atoms with Crippen LogP contribution in [0.1, 0.15) is 129 Å². The first-order valence-corrected chi connectivity index (χ1v) is 18.6. The Labute approximate surface area is 267 Å². The average molecular weight is 638 g/mol. The van der Waals surface area contributed by atoms with Gasteiger partial charge in [-0.2, -0.15) is 0 Å². The van der Waals surface area contributed by atoms with Gasteiger partial charge in [-0.3, -0.25) is 13.8 Å². The summed E-state index contributed by atoms with van der Waals surface area (Å²) in [5, 5.41) is 0. The Morgan fingerprint density at radius 2 is 1.45 bits per heavy atom. The van der Waals surface area contributed by atoms with Crippen LogP contribution in [-0.2, 0) is 27.9 Å². The SMILES string of the molecule is CCCCCCCCCCCCCCCCOC(C)C(COP(=O)([O-])OC(=C1CCC[N+]1(C)C)c1ccccc1)OC(C)=O. The molecule has 2 rings (SSSR count). The molecule has 252 valence electrons. The molecule has 1 aliphatic heterocycles. The third-order valence-corrected chi connectivity index (χ3v) is 9.35. The molecule has 1 aromatic rings. The molecule has 9 heteroatoms. The highest BCUT2D eigenvalue weighted by Crippen LogP contribution is 2.47. The summed E-state index contributed by atoms with van der Waals surface area (Å²) in [6, 6.07) is 9.22. The number of likely N-dealkylation sites (tertiary alicyclic amines) is 1. The van der Waals surface area contributed by atoms with Crippen LogP contribution in [0.3, 0.4) is 0 Å². The molecule has 1 heterocycles. The molecule has 1 fully saturated rings. The molecular formula is C35H60NO7P. The number of allylic oxidation sites excluding steroid dienone is 1. The van der Waals surface area contributed by atoms with Gasteiger partial charge in [0.05, 0.1) is 33.4 Å². The normalized spacial score (nSPS) is 18.4. The van der Waals surface area contributed by atoms with Gasteiger partial charge < -0.3 is 23.4 Å². The minimum Gasteiger partial charge on any atom is -0.746 e. The topological polar surface area (TPSA) is 94.1 Å². The highest BCUT2D eigenvalue weighted by molar-refractivity contribution is 7.46. The molecule has 3 unspecified atom stereocenters. The van der Waals surface area contributed by atoms with E-state index in [0.717, 1.165) is 37.9 Å². The monoisotopic (exact) mass is 637 g/mol. The van der Waals surface area contributed by atoms with Crippen molar-refractivity contribution in [3.8, 4) is 0 Å². The van der Waals surface area contributed by atoms with Gasteiger partial charge in [0, 0.05) is 31.9 Å². The number of nitrogens with zero attached hydrogens (tertiary/aromatic N) is 1. The molecule has 1 saturated heterocycles. The molecule has 0 amide bonds. The molecule has 8 nitrogen and oxygen atoms in total. The van der Waals surface area contributed by atoms with Crippen LogP contribution in [0.25, 0.3) is 5.76 Å². The number of hydrogen-bond acceptors (Lipinski definition) is 7. The van der Waals surface area contributed by atoms with E-state index in [-0.39, 0.29) is 6.61 Å². The smallest absolute Gasteiger partial charge is 0.320 e. The summed E-state index contributed by atoms with van der Waals surface area (Å²) in [7, 11) is -0.706. The van der Waals surface area contributed by atoms with Gasteiger partial charge in [-0.25, -0.2) is 0 Å². The number of carbonyl (C=O) groups excluding carboxylic acids is 1. The number of benzene rings is 1. The lowest BCUT2D eigenvalue weighted by atomic mass is 10.0. The maximum atomic E-state index is 13.1. The summed E-state index contributed by atoms with van der Waals surface area (Å²) in [4.78, 5) is 24.8. The third kappa shape index (κ3) is 15.5. The fraction of sp³-hybridized carbons (Fsp3) is 0.743. The first kappa shape index (κ1) is 38.5. The van der Waals surface area contributed by atoms with Crippen LogP contribution in [0.5, 0.6) is 0 Å². The van der Waals surface area contributed by atoms with E-state index in [0.29, 0.717) is 22.4 Å². The van der Waals surface area contributed by atoms with Gasteiger partial charge in [0.15, 0.2) is 17.6 Å². The molecule has 0 bridgehead atoms. The van der Waals surface area contributed by atoms with E-state index in [2.05, 4.69) is 6.92 Å². The maximum Gasteiger partial charge on any atom is 0.320 e. The molecule has 0 spiro atoms. The second-order valence-corrected chi connectivity index (χ2v) is 14.1. The fourth-order valence-electron chi connectivity index (χ4n) is 5.78. The van der Waals surface area contributed by atoms with Crippen molar-refractivity contribution < 1.29 is 37.3 Å². The van der Waals surface area contributed by atoms with Gasteiger partial charge in [0.2, 0.25) is 0 Å². The Balaban J connectivity index is 1.74. The lowest BCUT2D eigenvalue weighted by molar-refractivity contribution is -0.842. The van der Waals surface area contributed by atoms with Crippen LogP contribution in [0, 0.1) is 0 Å². The molecule has 3 atom stereocenters. The van der Waals surface area contributed by atoms with Gasteiger partial charge in [-0.1, -0.05) is 121 Å². The Morgan fingerprint density at radius 3 is 1.95 bits per heavy atom. The highest BCUT2D eigenvalue weighted by Gasteiger charge is 2.35. The number of unbranched alkanes of at least 4 members (excludes halogenated alkanes) is 13. The van der Waals surface area contributed by atoms with Crippen molar-refractivity contribution in [2.24, 2.45) is 0 Å². The summed E-state index contributed by atoms with van der Waals surface area (Å²) in [5.41, 5.74) is 1.58. The number of phosphoric acid groups is 1. The van der Waals surface area contributed by atoms with Gasteiger partial charge >= 0.3 is 13.8 Å². The van der Waals surface area contributed by atoms with Crippen LogP contribution >= 0.6 is 7.82 Å². The fourth-order valence-corrected chi connectivity index (χ4v) is 6.60. The summed E-state index contributed by atoms with van der Waals surface area (Å²) in [6.07, 6.45) is 18.2. The van der Waals surface area contributed by atoms with E-state index < -0.39 is 26.0 Å². The standard InChI is InChI=1S/C35H60NO7P/c1-6-7-8-9-10-11-12-13-14-15-16-17-18-22-28-40-30(2)34(42-31(3)37)29-41-44(38,39)43-35(32-24-20-19-21-25-32)33-26-23-27-36(33,4)5/h19-21,24-25,30,34H,6-18,22-23,26-29H2,1-5H3. The summed E-state index contributed by atoms with van der Waals surface area (Å²) < 4.78 is 35.9. The number of phosphoric ester groups is 1. The first-order valence-electron chi connectivity index (χ1n) is 17.1. The lowest BCUT2D eigenvalue weighted by Gasteiger charge is -2.31. The van der Waals surface area contributed by atoms with Crippen molar-refractivity contribution in [3.05, 3.63) is 41.6 Å². The molecule has 0 aliphatic carbocycles. The Morgan fingerprint density at radius 1 is 0.909 bits per heavy atom. The third-order valence-electron chi connectivity index (χ3n) is 8.48. The second kappa shape index (κ2) is 21.2. The predicted octanol–water partition coefficient (Wildman–Crippen LogP) is 8.55. The van der Waals surface area contributed by atoms with Gasteiger partial charge in [0.1, 0.15) is 0 Å². The van der Waals surface area contributed by atoms with E-state index >= 15 is 0 Å². The highest BCUT2D eigenvalue weighted by atomic mass is 31.2. The Hall–Kier alpha value is -1.70. The Bertz CT molecular complexity index is 1010. The molecule has 1 aliphatic rings. The summed E-state index contributed by atoms with van der Waals surface area (Å²) in [5.74, 6) is -0.220. The van der Waals surface area contributed by atoms with Crippen molar-refractivity contribution in [2.75, 3.05) is 33.9 Å². The minimum absolute atomic E-state index is 0.303. The summed E-state index contributed by atoms with van der Waals surface area (Å²) in [6.45, 7) is 6.35. The van der Waals surface area contributed by atoms with Gasteiger partial charge in [-0.15, -0.1) is 0 Å². The van der Waals surface area contributed by atoms with Crippen LogP contribution < -0.4 is 4.89 Å². The number of hydrogen-bond donors (Lipinski definition) is 0. The lowest BCUT2D eigenvalue weighted by Crippen LogP contribution is -2.36. The molecule has 0 radical (unpaired) electrons. The average Bonchev–Trinajstić information content (AvgIpc) is 3.34. The zero-order valence-corrected chi connectivity index (χ0v) is 29.1. The largest absolute Gasteiger partial charge is 0.746 e. The number of ether oxygens (including phenoxy) is 2. The zero-order valence-electron chi connectivity index (χ0n) is 28.2. The molecule has 1 aromatic carbocycles. The molecule has 0 aromatic heterocycles. The Kier molecular flexibility index (Phi) is 18.5. The molecular weight excluding hydrogens is 577 g/mol. The number of quaternary nitrogens is 1. The second-order valence-electron chi connectivity index (χ2n) is 12.8. The van der Waals surface area contributed by atoms with Gasteiger partial charge in [0.25, 0.3) is 0 Å². The van der Waals surface area contributed by atoms with Crippen molar-refractivity contribution in [1.29, 1.82) is 0 Å². The number of rotatable bonds is 24. The molecule has 0 N–H and O–H groups in total. The summed E-state index contributed by atoms with van der Waals surface area (Å²) >= 11 is 0. The van der Waals surface area contributed by atoms with Crippen LogP contribution in [0.15, 0.2) is 36.0 Å². The maximum absolute atomic E-state index is 13.1. The van der Waals surface area contributed by atoms with Crippen LogP contribution in [0.4, 0.5) is 0 Å². The minimum atomic E-state index is -4.79. The first-order chi connectivity index (χ1) is 21.1. The van der Waals surface area contributed by atoms with E-state index in [1.54, 1.807) is 6.92 Å². The number of esters is 1. The molecule has 44 heavy (non-hydrogen) atoms. The van der Waals surface area contributed by atoms with Crippen molar-refractivity contribution in [3.63, 3.8) is 0 Å².